The fraction of sp³-hybridized carbons (Fsp3) is 0.250. The van der Waals surface area contributed by atoms with E-state index in [1.165, 1.54) is 5.56 Å². The summed E-state index contributed by atoms with van der Waals surface area (Å²) >= 11 is 6.09. The summed E-state index contributed by atoms with van der Waals surface area (Å²) in [6, 6.07) is 14.1. The molecule has 0 saturated carbocycles. The molecule has 0 heterocycles. The van der Waals surface area contributed by atoms with Gasteiger partial charge in [0.25, 0.3) is 0 Å². The van der Waals surface area contributed by atoms with E-state index in [0.717, 1.165) is 23.3 Å². The van der Waals surface area contributed by atoms with Crippen LogP contribution >= 0.6 is 11.6 Å². The monoisotopic (exact) mass is 275 g/mol. The van der Waals surface area contributed by atoms with E-state index in [1.54, 1.807) is 0 Å². The molecule has 2 N–H and O–H groups in total. The first kappa shape index (κ1) is 13.9. The van der Waals surface area contributed by atoms with E-state index in [-0.39, 0.29) is 0 Å². The summed E-state index contributed by atoms with van der Waals surface area (Å²) in [4.78, 5) is 0. The number of hydrogen-bond donors (Lipinski definition) is 1. The molecule has 0 aliphatic carbocycles. The quantitative estimate of drug-likeness (QED) is 0.902. The molecule has 0 unspecified atom stereocenters. The summed E-state index contributed by atoms with van der Waals surface area (Å²) in [7, 11) is 0. The second kappa shape index (κ2) is 6.60. The third-order valence-electron chi connectivity index (χ3n) is 2.94. The van der Waals surface area contributed by atoms with Crippen LogP contribution in [-0.2, 0) is 13.0 Å². The Morgan fingerprint density at radius 3 is 2.42 bits per heavy atom. The van der Waals surface area contributed by atoms with Gasteiger partial charge in [-0.2, -0.15) is 0 Å². The van der Waals surface area contributed by atoms with Gasteiger partial charge in [0.1, 0.15) is 12.4 Å². The van der Waals surface area contributed by atoms with Crippen molar-refractivity contribution in [1.82, 2.24) is 0 Å². The van der Waals surface area contributed by atoms with E-state index in [1.807, 2.05) is 25.1 Å². The van der Waals surface area contributed by atoms with Crippen LogP contribution in [0.15, 0.2) is 42.5 Å². The Labute approximate surface area is 119 Å². The normalized spacial score (nSPS) is 10.5. The second-order valence-corrected chi connectivity index (χ2v) is 4.98. The van der Waals surface area contributed by atoms with Crippen LogP contribution < -0.4 is 10.5 Å². The van der Waals surface area contributed by atoms with Crippen molar-refractivity contribution < 1.29 is 4.74 Å². The molecular formula is C16H18ClNO. The lowest BCUT2D eigenvalue weighted by Crippen LogP contribution is -2.03. The summed E-state index contributed by atoms with van der Waals surface area (Å²) in [5, 5.41) is 0.644. The fourth-order valence-corrected chi connectivity index (χ4v) is 2.02. The fourth-order valence-electron chi connectivity index (χ4n) is 1.85. The van der Waals surface area contributed by atoms with Crippen molar-refractivity contribution in [2.24, 2.45) is 5.73 Å². The predicted molar refractivity (Wildman–Crippen MR) is 79.7 cm³/mol. The Morgan fingerprint density at radius 2 is 1.74 bits per heavy atom. The predicted octanol–water partition coefficient (Wildman–Crippen LogP) is 3.73. The second-order valence-electron chi connectivity index (χ2n) is 4.58. The third kappa shape index (κ3) is 3.98. The zero-order valence-corrected chi connectivity index (χ0v) is 11.8. The van der Waals surface area contributed by atoms with E-state index in [0.29, 0.717) is 18.2 Å². The van der Waals surface area contributed by atoms with Crippen LogP contribution in [0.2, 0.25) is 5.02 Å². The molecule has 0 aromatic heterocycles. The highest BCUT2D eigenvalue weighted by Gasteiger charge is 2.02. The zero-order chi connectivity index (χ0) is 13.7. The van der Waals surface area contributed by atoms with E-state index in [9.17, 15) is 0 Å². The minimum absolute atomic E-state index is 0.520. The Hall–Kier alpha value is -1.51. The molecule has 0 aliphatic rings. The van der Waals surface area contributed by atoms with Crippen LogP contribution in [0.5, 0.6) is 5.75 Å². The average Bonchev–Trinajstić information content (AvgIpc) is 2.42. The van der Waals surface area contributed by atoms with Crippen LogP contribution in [0.25, 0.3) is 0 Å². The lowest BCUT2D eigenvalue weighted by atomic mass is 10.1. The van der Waals surface area contributed by atoms with Gasteiger partial charge in [-0.3, -0.25) is 0 Å². The van der Waals surface area contributed by atoms with Crippen molar-refractivity contribution in [3.05, 3.63) is 64.2 Å². The zero-order valence-electron chi connectivity index (χ0n) is 11.0. The summed E-state index contributed by atoms with van der Waals surface area (Å²) < 4.78 is 5.75. The van der Waals surface area contributed by atoms with Gasteiger partial charge in [0.05, 0.1) is 5.02 Å². The van der Waals surface area contributed by atoms with Crippen molar-refractivity contribution in [3.8, 4) is 5.75 Å². The Kier molecular flexibility index (Phi) is 4.83. The molecular weight excluding hydrogens is 258 g/mol. The maximum atomic E-state index is 6.09. The molecule has 0 bridgehead atoms. The number of halogens is 1. The SMILES string of the molecule is Cc1ccc(Cl)c(OCc2ccc(CCN)cc2)c1. The maximum absolute atomic E-state index is 6.09. The Balaban J connectivity index is 2.00. The Morgan fingerprint density at radius 1 is 1.05 bits per heavy atom. The smallest absolute Gasteiger partial charge is 0.138 e. The molecule has 2 aromatic carbocycles. The molecule has 0 amide bonds. The molecule has 100 valence electrons. The van der Waals surface area contributed by atoms with E-state index < -0.39 is 0 Å². The first-order valence-corrected chi connectivity index (χ1v) is 6.73. The van der Waals surface area contributed by atoms with Gasteiger partial charge in [-0.25, -0.2) is 0 Å². The molecule has 2 rings (SSSR count). The standard InChI is InChI=1S/C16H18ClNO/c1-12-2-7-15(17)16(10-12)19-11-14-5-3-13(4-6-14)8-9-18/h2-7,10H,8-9,11,18H2,1H3. The van der Waals surface area contributed by atoms with Crippen LogP contribution in [0.4, 0.5) is 0 Å². The molecule has 0 aliphatic heterocycles. The largest absolute Gasteiger partial charge is 0.487 e. The first-order chi connectivity index (χ1) is 9.19. The van der Waals surface area contributed by atoms with Crippen LogP contribution in [0.3, 0.4) is 0 Å². The number of aryl methyl sites for hydroxylation is 1. The number of nitrogens with two attached hydrogens (primary N) is 1. The highest BCUT2D eigenvalue weighted by Crippen LogP contribution is 2.26. The molecule has 0 radical (unpaired) electrons. The van der Waals surface area contributed by atoms with Crippen molar-refractivity contribution >= 4 is 11.6 Å². The molecule has 0 fully saturated rings. The van der Waals surface area contributed by atoms with Gasteiger partial charge in [0, 0.05) is 0 Å². The van der Waals surface area contributed by atoms with Gasteiger partial charge >= 0.3 is 0 Å². The van der Waals surface area contributed by atoms with Gasteiger partial charge in [0.2, 0.25) is 0 Å². The third-order valence-corrected chi connectivity index (χ3v) is 3.25. The van der Waals surface area contributed by atoms with Crippen molar-refractivity contribution in [1.29, 1.82) is 0 Å². The lowest BCUT2D eigenvalue weighted by Gasteiger charge is -2.09. The van der Waals surface area contributed by atoms with E-state index in [4.69, 9.17) is 22.1 Å². The summed E-state index contributed by atoms with van der Waals surface area (Å²) in [5.74, 6) is 0.729. The van der Waals surface area contributed by atoms with E-state index >= 15 is 0 Å². The van der Waals surface area contributed by atoms with Gasteiger partial charge in [0.15, 0.2) is 0 Å². The molecule has 2 nitrogen and oxygen atoms in total. The molecule has 2 aromatic rings. The van der Waals surface area contributed by atoms with Gasteiger partial charge < -0.3 is 10.5 Å². The van der Waals surface area contributed by atoms with Gasteiger partial charge in [-0.05, 0) is 48.7 Å². The number of benzene rings is 2. The van der Waals surface area contributed by atoms with Crippen molar-refractivity contribution in [2.45, 2.75) is 20.0 Å². The topological polar surface area (TPSA) is 35.2 Å². The minimum atomic E-state index is 0.520. The number of hydrogen-bond acceptors (Lipinski definition) is 2. The molecule has 19 heavy (non-hydrogen) atoms. The number of ether oxygens (including phenoxy) is 1. The first-order valence-electron chi connectivity index (χ1n) is 6.36. The summed E-state index contributed by atoms with van der Waals surface area (Å²) in [6.45, 7) is 3.21. The maximum Gasteiger partial charge on any atom is 0.138 e. The lowest BCUT2D eigenvalue weighted by molar-refractivity contribution is 0.306. The average molecular weight is 276 g/mol. The minimum Gasteiger partial charge on any atom is -0.487 e. The highest BCUT2D eigenvalue weighted by atomic mass is 35.5. The van der Waals surface area contributed by atoms with Crippen LogP contribution in [0, 0.1) is 6.92 Å². The van der Waals surface area contributed by atoms with Gasteiger partial charge in [-0.1, -0.05) is 41.9 Å². The highest BCUT2D eigenvalue weighted by molar-refractivity contribution is 6.32. The molecule has 0 spiro atoms. The summed E-state index contributed by atoms with van der Waals surface area (Å²) in [5.41, 5.74) is 9.03. The van der Waals surface area contributed by atoms with Crippen molar-refractivity contribution in [2.75, 3.05) is 6.54 Å². The molecule has 0 atom stereocenters. The molecule has 3 heteroatoms. The van der Waals surface area contributed by atoms with Crippen LogP contribution in [-0.4, -0.2) is 6.54 Å². The Bertz CT molecular complexity index is 537. The van der Waals surface area contributed by atoms with Gasteiger partial charge in [-0.15, -0.1) is 0 Å². The van der Waals surface area contributed by atoms with E-state index in [2.05, 4.69) is 24.3 Å². The van der Waals surface area contributed by atoms with Crippen molar-refractivity contribution in [3.63, 3.8) is 0 Å². The molecule has 0 saturated heterocycles. The van der Waals surface area contributed by atoms with Crippen LogP contribution in [0.1, 0.15) is 16.7 Å². The number of rotatable bonds is 5. The summed E-state index contributed by atoms with van der Waals surface area (Å²) in [6.07, 6.45) is 0.908.